The van der Waals surface area contributed by atoms with Gasteiger partial charge in [-0.3, -0.25) is 0 Å². The summed E-state index contributed by atoms with van der Waals surface area (Å²) in [7, 11) is 0. The number of thiocarbonyl (C=S) groups is 1. The number of rotatable bonds is 5. The minimum Gasteiger partial charge on any atom is -0.462 e. The first-order valence-electron chi connectivity index (χ1n) is 7.23. The molecule has 5 nitrogen and oxygen atoms in total. The van der Waals surface area contributed by atoms with Gasteiger partial charge in [0.1, 0.15) is 0 Å². The van der Waals surface area contributed by atoms with Crippen LogP contribution in [-0.2, 0) is 9.47 Å². The standard InChI is InChI=1S/C15H19ClN2O3S/c1-2-20-14(19)12-8-10(5-6-13(12)16)18-15(22)17-9-11-4-3-7-21-11/h5-6,8,11H,2-4,7,9H2,1H3,(H2,17,18,22). The predicted molar refractivity (Wildman–Crippen MR) is 90.6 cm³/mol. The number of hydrogen-bond donors (Lipinski definition) is 2. The van der Waals surface area contributed by atoms with Gasteiger partial charge in [0.2, 0.25) is 0 Å². The molecule has 0 aliphatic carbocycles. The second-order valence-corrected chi connectivity index (χ2v) is 5.70. The zero-order valence-corrected chi connectivity index (χ0v) is 13.9. The van der Waals surface area contributed by atoms with E-state index in [9.17, 15) is 4.79 Å². The van der Waals surface area contributed by atoms with Gasteiger partial charge >= 0.3 is 5.97 Å². The lowest BCUT2D eigenvalue weighted by atomic mass is 10.2. The van der Waals surface area contributed by atoms with E-state index in [0.29, 0.717) is 34.5 Å². The summed E-state index contributed by atoms with van der Waals surface area (Å²) in [5.41, 5.74) is 0.993. The maximum atomic E-state index is 11.8. The fourth-order valence-corrected chi connectivity index (χ4v) is 2.55. The first kappa shape index (κ1) is 17.0. The van der Waals surface area contributed by atoms with Gasteiger partial charge in [-0.25, -0.2) is 4.79 Å². The van der Waals surface area contributed by atoms with Crippen LogP contribution in [-0.4, -0.2) is 36.9 Å². The Hall–Kier alpha value is -1.37. The fraction of sp³-hybridized carbons (Fsp3) is 0.467. The molecule has 1 aromatic rings. The maximum absolute atomic E-state index is 11.8. The van der Waals surface area contributed by atoms with Crippen LogP contribution in [0.4, 0.5) is 5.69 Å². The second-order valence-electron chi connectivity index (χ2n) is 4.89. The van der Waals surface area contributed by atoms with E-state index < -0.39 is 5.97 Å². The molecule has 2 rings (SSSR count). The molecule has 1 aliphatic heterocycles. The number of carbonyl (C=O) groups excluding carboxylic acids is 1. The topological polar surface area (TPSA) is 59.6 Å². The van der Waals surface area contributed by atoms with Crippen molar-refractivity contribution in [2.75, 3.05) is 25.1 Å². The summed E-state index contributed by atoms with van der Waals surface area (Å²) in [4.78, 5) is 11.8. The van der Waals surface area contributed by atoms with Crippen molar-refractivity contribution in [2.24, 2.45) is 0 Å². The Morgan fingerprint density at radius 3 is 3.05 bits per heavy atom. The molecular formula is C15H19ClN2O3S. The van der Waals surface area contributed by atoms with Gasteiger partial charge < -0.3 is 20.1 Å². The molecule has 1 atom stereocenters. The molecular weight excluding hydrogens is 324 g/mol. The highest BCUT2D eigenvalue weighted by molar-refractivity contribution is 7.80. The third-order valence-electron chi connectivity index (χ3n) is 3.23. The van der Waals surface area contributed by atoms with Gasteiger partial charge in [-0.05, 0) is 50.2 Å². The average Bonchev–Trinajstić information content (AvgIpc) is 3.01. The molecule has 7 heteroatoms. The molecule has 1 heterocycles. The van der Waals surface area contributed by atoms with Crippen LogP contribution < -0.4 is 10.6 Å². The number of hydrogen-bond acceptors (Lipinski definition) is 4. The van der Waals surface area contributed by atoms with Crippen LogP contribution in [0, 0.1) is 0 Å². The Balaban J connectivity index is 1.92. The molecule has 1 aliphatic rings. The van der Waals surface area contributed by atoms with Crippen molar-refractivity contribution >= 4 is 40.6 Å². The van der Waals surface area contributed by atoms with Crippen LogP contribution in [0.1, 0.15) is 30.1 Å². The van der Waals surface area contributed by atoms with Crippen molar-refractivity contribution in [2.45, 2.75) is 25.9 Å². The monoisotopic (exact) mass is 342 g/mol. The van der Waals surface area contributed by atoms with Crippen molar-refractivity contribution in [3.8, 4) is 0 Å². The molecule has 1 aromatic carbocycles. The Bertz CT molecular complexity index is 548. The van der Waals surface area contributed by atoms with E-state index in [0.717, 1.165) is 19.4 Å². The van der Waals surface area contributed by atoms with Gasteiger partial charge in [0.15, 0.2) is 5.11 Å². The number of carbonyl (C=O) groups is 1. The fourth-order valence-electron chi connectivity index (χ4n) is 2.16. The predicted octanol–water partition coefficient (Wildman–Crippen LogP) is 2.98. The third-order valence-corrected chi connectivity index (χ3v) is 3.81. The highest BCUT2D eigenvalue weighted by Gasteiger charge is 2.16. The van der Waals surface area contributed by atoms with Crippen molar-refractivity contribution < 1.29 is 14.3 Å². The van der Waals surface area contributed by atoms with E-state index in [-0.39, 0.29) is 6.10 Å². The molecule has 1 saturated heterocycles. The number of halogens is 1. The first-order chi connectivity index (χ1) is 10.6. The van der Waals surface area contributed by atoms with Gasteiger partial charge in [-0.15, -0.1) is 0 Å². The number of esters is 1. The molecule has 0 amide bonds. The third kappa shape index (κ3) is 4.83. The number of nitrogens with one attached hydrogen (secondary N) is 2. The largest absolute Gasteiger partial charge is 0.462 e. The van der Waals surface area contributed by atoms with Crippen LogP contribution in [0.3, 0.4) is 0 Å². The highest BCUT2D eigenvalue weighted by atomic mass is 35.5. The van der Waals surface area contributed by atoms with Crippen molar-refractivity contribution in [1.29, 1.82) is 0 Å². The molecule has 0 saturated carbocycles. The van der Waals surface area contributed by atoms with Crippen molar-refractivity contribution in [3.63, 3.8) is 0 Å². The highest BCUT2D eigenvalue weighted by Crippen LogP contribution is 2.21. The molecule has 0 radical (unpaired) electrons. The van der Waals surface area contributed by atoms with Crippen molar-refractivity contribution in [1.82, 2.24) is 5.32 Å². The Morgan fingerprint density at radius 2 is 2.36 bits per heavy atom. The zero-order chi connectivity index (χ0) is 15.9. The van der Waals surface area contributed by atoms with Crippen molar-refractivity contribution in [3.05, 3.63) is 28.8 Å². The van der Waals surface area contributed by atoms with Crippen LogP contribution in [0.15, 0.2) is 18.2 Å². The number of anilines is 1. The van der Waals surface area contributed by atoms with E-state index in [1.165, 1.54) is 0 Å². The molecule has 0 aromatic heterocycles. The second kappa shape index (κ2) is 8.31. The summed E-state index contributed by atoms with van der Waals surface area (Å²) in [6, 6.07) is 5.02. The summed E-state index contributed by atoms with van der Waals surface area (Å²) in [6.07, 6.45) is 2.34. The minimum atomic E-state index is -0.450. The molecule has 120 valence electrons. The van der Waals surface area contributed by atoms with Crippen LogP contribution in [0.5, 0.6) is 0 Å². The molecule has 22 heavy (non-hydrogen) atoms. The Morgan fingerprint density at radius 1 is 1.55 bits per heavy atom. The average molecular weight is 343 g/mol. The number of benzene rings is 1. The van der Waals surface area contributed by atoms with E-state index in [1.54, 1.807) is 25.1 Å². The lowest BCUT2D eigenvalue weighted by Gasteiger charge is -2.14. The Labute approximate surface area is 140 Å². The van der Waals surface area contributed by atoms with Gasteiger partial charge in [-0.2, -0.15) is 0 Å². The minimum absolute atomic E-state index is 0.208. The van der Waals surface area contributed by atoms with E-state index >= 15 is 0 Å². The van der Waals surface area contributed by atoms with Crippen LogP contribution >= 0.6 is 23.8 Å². The molecule has 0 spiro atoms. The van der Waals surface area contributed by atoms with E-state index in [2.05, 4.69) is 10.6 Å². The molecule has 1 unspecified atom stereocenters. The number of ether oxygens (including phenoxy) is 2. The summed E-state index contributed by atoms with van der Waals surface area (Å²) in [6.45, 7) is 3.53. The SMILES string of the molecule is CCOC(=O)c1cc(NC(=S)NCC2CCCO2)ccc1Cl. The molecule has 0 bridgehead atoms. The normalized spacial score (nSPS) is 17.1. The lowest BCUT2D eigenvalue weighted by molar-refractivity contribution is 0.0526. The van der Waals surface area contributed by atoms with E-state index in [1.807, 2.05) is 0 Å². The van der Waals surface area contributed by atoms with Gasteiger partial charge in [0.25, 0.3) is 0 Å². The van der Waals surface area contributed by atoms with Gasteiger partial charge in [0.05, 0.1) is 23.3 Å². The summed E-state index contributed by atoms with van der Waals surface area (Å²) >= 11 is 11.3. The summed E-state index contributed by atoms with van der Waals surface area (Å²) in [5.74, 6) is -0.450. The summed E-state index contributed by atoms with van der Waals surface area (Å²) < 4.78 is 10.5. The first-order valence-corrected chi connectivity index (χ1v) is 8.02. The van der Waals surface area contributed by atoms with Gasteiger partial charge in [-0.1, -0.05) is 11.6 Å². The quantitative estimate of drug-likeness (QED) is 0.633. The van der Waals surface area contributed by atoms with Gasteiger partial charge in [0, 0.05) is 18.8 Å². The molecule has 2 N–H and O–H groups in total. The lowest BCUT2D eigenvalue weighted by Crippen LogP contribution is -2.34. The van der Waals surface area contributed by atoms with Crippen LogP contribution in [0.25, 0.3) is 0 Å². The summed E-state index contributed by atoms with van der Waals surface area (Å²) in [5, 5.41) is 6.97. The zero-order valence-electron chi connectivity index (χ0n) is 12.4. The van der Waals surface area contributed by atoms with E-state index in [4.69, 9.17) is 33.3 Å². The Kier molecular flexibility index (Phi) is 6.42. The smallest absolute Gasteiger partial charge is 0.339 e. The maximum Gasteiger partial charge on any atom is 0.339 e. The molecule has 1 fully saturated rings. The van der Waals surface area contributed by atoms with Crippen LogP contribution in [0.2, 0.25) is 5.02 Å².